The summed E-state index contributed by atoms with van der Waals surface area (Å²) in [5, 5.41) is 24.3. The number of anilines is 1. The molecule has 0 amide bonds. The molecule has 0 saturated carbocycles. The molecule has 0 saturated heterocycles. The second-order valence-electron chi connectivity index (χ2n) is 4.77. The molecule has 2 aromatic rings. The third kappa shape index (κ3) is 2.68. The predicted molar refractivity (Wildman–Crippen MR) is 94.1 cm³/mol. The quantitative estimate of drug-likeness (QED) is 0.806. The number of nitrogens with zero attached hydrogens (tertiary/aromatic N) is 3. The summed E-state index contributed by atoms with van der Waals surface area (Å²) in [6, 6.07) is 11.3. The summed E-state index contributed by atoms with van der Waals surface area (Å²) < 4.78 is 0. The number of nitrogen functional groups attached to an aromatic ring is 1. The number of hydrogen-bond donors (Lipinski definition) is 2. The molecule has 1 aliphatic heterocycles. The summed E-state index contributed by atoms with van der Waals surface area (Å²) in [5.41, 5.74) is 7.83. The van der Waals surface area contributed by atoms with Crippen molar-refractivity contribution in [3.8, 4) is 23.3 Å². The van der Waals surface area contributed by atoms with E-state index in [9.17, 15) is 10.5 Å². The fourth-order valence-corrected chi connectivity index (χ4v) is 4.10. The molecule has 4 nitrogen and oxygen atoms in total. The van der Waals surface area contributed by atoms with Gasteiger partial charge in [0.1, 0.15) is 28.5 Å². The van der Waals surface area contributed by atoms with Crippen LogP contribution < -0.4 is 5.73 Å². The highest BCUT2D eigenvalue weighted by Gasteiger charge is 2.22. The molecule has 1 aromatic heterocycles. The number of benzene rings is 1. The van der Waals surface area contributed by atoms with E-state index in [0.717, 1.165) is 5.56 Å². The molecule has 6 heteroatoms. The Hall–Kier alpha value is -2.73. The summed E-state index contributed by atoms with van der Waals surface area (Å²) in [5.74, 6) is 0.141. The van der Waals surface area contributed by atoms with Crippen LogP contribution >= 0.6 is 22.5 Å². The second kappa shape index (κ2) is 6.18. The van der Waals surface area contributed by atoms with Crippen molar-refractivity contribution in [1.29, 1.82) is 10.5 Å². The normalized spacial score (nSPS) is 13.8. The van der Waals surface area contributed by atoms with Crippen LogP contribution in [0.4, 0.5) is 5.82 Å². The number of thiol groups is 1. The van der Waals surface area contributed by atoms with Crippen LogP contribution in [-0.4, -0.2) is 4.98 Å². The molecule has 0 bridgehead atoms. The van der Waals surface area contributed by atoms with Gasteiger partial charge in [-0.05, 0) is 28.5 Å². The van der Waals surface area contributed by atoms with Crippen LogP contribution in [0.25, 0.3) is 11.1 Å². The lowest BCUT2D eigenvalue weighted by Crippen LogP contribution is -2.04. The Morgan fingerprint density at radius 3 is 2.17 bits per heavy atom. The van der Waals surface area contributed by atoms with Crippen LogP contribution in [0.3, 0.4) is 0 Å². The first-order chi connectivity index (χ1) is 11.2. The number of pyridine rings is 1. The van der Waals surface area contributed by atoms with Gasteiger partial charge in [0.15, 0.2) is 0 Å². The Balaban J connectivity index is 2.34. The Bertz CT molecular complexity index is 906. The standard InChI is InChI=1S/C17H11ClN4S/c18-12-5-3-11(4-6-12)15-13(9-19)16(21)22-17(14(15)10-20)23-7-1-2-8-23/h1-8,23H,(H2,21,22). The molecule has 2 heterocycles. The highest BCUT2D eigenvalue weighted by molar-refractivity contribution is 8.22. The lowest BCUT2D eigenvalue weighted by molar-refractivity contribution is 1.12. The van der Waals surface area contributed by atoms with Gasteiger partial charge in [-0.1, -0.05) is 35.9 Å². The van der Waals surface area contributed by atoms with Gasteiger partial charge in [-0.25, -0.2) is 4.98 Å². The van der Waals surface area contributed by atoms with E-state index in [1.165, 1.54) is 0 Å². The SMILES string of the molecule is N#Cc1c(N)nc([SH]2C=CC=C2)c(C#N)c1-c1ccc(Cl)cc1. The largest absolute Gasteiger partial charge is 0.383 e. The fourth-order valence-electron chi connectivity index (χ4n) is 2.38. The Morgan fingerprint density at radius 2 is 1.61 bits per heavy atom. The molecule has 0 aliphatic carbocycles. The first-order valence-electron chi connectivity index (χ1n) is 6.68. The van der Waals surface area contributed by atoms with E-state index < -0.39 is 10.9 Å². The van der Waals surface area contributed by atoms with Crippen LogP contribution in [0.1, 0.15) is 11.1 Å². The molecule has 23 heavy (non-hydrogen) atoms. The van der Waals surface area contributed by atoms with Gasteiger partial charge in [0.05, 0.1) is 5.56 Å². The minimum Gasteiger partial charge on any atom is -0.383 e. The molecule has 3 rings (SSSR count). The summed E-state index contributed by atoms with van der Waals surface area (Å²) in [4.78, 5) is 4.33. The Kier molecular flexibility index (Phi) is 4.08. The first-order valence-corrected chi connectivity index (χ1v) is 8.54. The van der Waals surface area contributed by atoms with Gasteiger partial charge < -0.3 is 5.73 Å². The molecule has 0 radical (unpaired) electrons. The molecule has 0 atom stereocenters. The molecule has 1 aromatic carbocycles. The summed E-state index contributed by atoms with van der Waals surface area (Å²) in [6.45, 7) is 0. The fraction of sp³-hybridized carbons (Fsp3) is 0. The zero-order valence-corrected chi connectivity index (χ0v) is 13.5. The van der Waals surface area contributed by atoms with E-state index in [1.54, 1.807) is 24.3 Å². The molecule has 112 valence electrons. The van der Waals surface area contributed by atoms with Gasteiger partial charge in [0.25, 0.3) is 0 Å². The summed E-state index contributed by atoms with van der Waals surface area (Å²) >= 11 is 5.93. The van der Waals surface area contributed by atoms with Crippen molar-refractivity contribution in [2.24, 2.45) is 0 Å². The van der Waals surface area contributed by atoms with E-state index in [0.29, 0.717) is 21.2 Å². The van der Waals surface area contributed by atoms with Crippen molar-refractivity contribution in [2.75, 3.05) is 5.73 Å². The number of allylic oxidation sites excluding steroid dienone is 2. The zero-order valence-electron chi connectivity index (χ0n) is 11.9. The monoisotopic (exact) mass is 338 g/mol. The number of aromatic nitrogens is 1. The van der Waals surface area contributed by atoms with Crippen molar-refractivity contribution in [2.45, 2.75) is 5.03 Å². The molecule has 1 aliphatic rings. The van der Waals surface area contributed by atoms with E-state index in [4.69, 9.17) is 17.3 Å². The maximum absolute atomic E-state index is 9.68. The number of nitriles is 2. The average Bonchev–Trinajstić information content (AvgIpc) is 3.09. The minimum absolute atomic E-state index is 0.141. The van der Waals surface area contributed by atoms with E-state index >= 15 is 0 Å². The van der Waals surface area contributed by atoms with Gasteiger partial charge in [-0.3, -0.25) is 0 Å². The maximum atomic E-state index is 9.68. The highest BCUT2D eigenvalue weighted by Crippen LogP contribution is 2.46. The number of halogens is 1. The minimum atomic E-state index is -0.823. The van der Waals surface area contributed by atoms with Crippen LogP contribution in [0.2, 0.25) is 5.02 Å². The van der Waals surface area contributed by atoms with E-state index in [-0.39, 0.29) is 11.4 Å². The van der Waals surface area contributed by atoms with Crippen molar-refractivity contribution >= 4 is 28.3 Å². The Morgan fingerprint density at radius 1 is 1.00 bits per heavy atom. The summed E-state index contributed by atoms with van der Waals surface area (Å²) in [7, 11) is -0.823. The number of hydrogen-bond acceptors (Lipinski definition) is 4. The highest BCUT2D eigenvalue weighted by atomic mass is 35.5. The van der Waals surface area contributed by atoms with Gasteiger partial charge in [-0.15, -0.1) is 0 Å². The van der Waals surface area contributed by atoms with Gasteiger partial charge in [0, 0.05) is 10.6 Å². The van der Waals surface area contributed by atoms with Crippen molar-refractivity contribution in [3.05, 3.63) is 63.4 Å². The third-order valence-corrected chi connectivity index (χ3v) is 5.46. The predicted octanol–water partition coefficient (Wildman–Crippen LogP) is 4.13. The number of rotatable bonds is 2. The van der Waals surface area contributed by atoms with Crippen LogP contribution in [0.5, 0.6) is 0 Å². The van der Waals surface area contributed by atoms with Gasteiger partial charge in [-0.2, -0.15) is 21.4 Å². The molecule has 0 unspecified atom stereocenters. The van der Waals surface area contributed by atoms with Crippen LogP contribution in [-0.2, 0) is 0 Å². The van der Waals surface area contributed by atoms with Crippen molar-refractivity contribution in [1.82, 2.24) is 4.98 Å². The smallest absolute Gasteiger partial charge is 0.143 e. The van der Waals surface area contributed by atoms with Crippen molar-refractivity contribution < 1.29 is 0 Å². The second-order valence-corrected chi connectivity index (χ2v) is 7.04. The van der Waals surface area contributed by atoms with E-state index in [2.05, 4.69) is 17.1 Å². The summed E-state index contributed by atoms with van der Waals surface area (Å²) in [6.07, 6.45) is 3.84. The number of nitrogens with two attached hydrogens (primary N) is 1. The first kappa shape index (κ1) is 15.2. The lowest BCUT2D eigenvalue weighted by Gasteiger charge is -2.17. The van der Waals surface area contributed by atoms with Gasteiger partial charge >= 0.3 is 0 Å². The van der Waals surface area contributed by atoms with Gasteiger partial charge in [0.2, 0.25) is 0 Å². The molecular formula is C17H11ClN4S. The molecular weight excluding hydrogens is 328 g/mol. The Labute approximate surface area is 141 Å². The maximum Gasteiger partial charge on any atom is 0.143 e. The van der Waals surface area contributed by atoms with Crippen LogP contribution in [0, 0.1) is 22.7 Å². The third-order valence-electron chi connectivity index (χ3n) is 3.41. The topological polar surface area (TPSA) is 86.5 Å². The molecule has 2 N–H and O–H groups in total. The zero-order chi connectivity index (χ0) is 16.4. The molecule has 0 fully saturated rings. The van der Waals surface area contributed by atoms with E-state index in [1.807, 2.05) is 23.0 Å². The van der Waals surface area contributed by atoms with Crippen molar-refractivity contribution in [3.63, 3.8) is 0 Å². The average molecular weight is 339 g/mol. The molecule has 0 spiro atoms. The van der Waals surface area contributed by atoms with Crippen LogP contribution in [0.15, 0.2) is 52.3 Å². The lowest BCUT2D eigenvalue weighted by atomic mass is 9.97.